The van der Waals surface area contributed by atoms with Crippen LogP contribution in [0, 0.1) is 0 Å². The topological polar surface area (TPSA) is 69.6 Å². The van der Waals surface area contributed by atoms with Crippen molar-refractivity contribution < 1.29 is 14.7 Å². The smallest absolute Gasteiger partial charge is 0.254 e. The van der Waals surface area contributed by atoms with Gasteiger partial charge in [-0.25, -0.2) is 0 Å². The second-order valence-corrected chi connectivity index (χ2v) is 4.28. The van der Waals surface area contributed by atoms with Crippen LogP contribution in [0.1, 0.15) is 15.9 Å². The first-order chi connectivity index (χ1) is 8.56. The number of likely N-dealkylation sites (tertiary alicyclic amines) is 1. The Morgan fingerprint density at radius 3 is 2.78 bits per heavy atom. The number of carbonyl (C=O) groups excluding carboxylic acids is 2. The molecule has 1 aromatic rings. The van der Waals surface area contributed by atoms with Crippen molar-refractivity contribution in [2.75, 3.05) is 13.1 Å². The molecule has 92 valence electrons. The van der Waals surface area contributed by atoms with Gasteiger partial charge in [0.15, 0.2) is 5.81 Å². The fourth-order valence-corrected chi connectivity index (χ4v) is 1.81. The van der Waals surface area contributed by atoms with Gasteiger partial charge in [0.1, 0.15) is 0 Å². The lowest BCUT2D eigenvalue weighted by atomic mass is 10.1. The van der Waals surface area contributed by atoms with Gasteiger partial charge in [0, 0.05) is 25.2 Å². The number of aliphatic hydroxyl groups is 1. The van der Waals surface area contributed by atoms with Gasteiger partial charge in [-0.3, -0.25) is 9.59 Å². The van der Waals surface area contributed by atoms with Gasteiger partial charge in [-0.15, -0.1) is 0 Å². The lowest BCUT2D eigenvalue weighted by molar-refractivity contribution is 0.00589. The number of carbonyl (C=O) groups is 2. The number of hydrogen-bond acceptors (Lipinski definition) is 3. The quantitative estimate of drug-likeness (QED) is 0.728. The predicted octanol–water partition coefficient (Wildman–Crippen LogP) is -0.119. The lowest BCUT2D eigenvalue weighted by Crippen LogP contribution is -2.53. The average Bonchev–Trinajstić information content (AvgIpc) is 2.32. The zero-order chi connectivity index (χ0) is 13.1. The Labute approximate surface area is 106 Å². The van der Waals surface area contributed by atoms with Crippen molar-refractivity contribution in [1.82, 2.24) is 10.2 Å². The third-order valence-corrected chi connectivity index (χ3v) is 2.79. The number of nitrogens with one attached hydrogen (secondary N) is 1. The minimum atomic E-state index is -0.599. The minimum Gasteiger partial charge on any atom is -0.389 e. The van der Waals surface area contributed by atoms with Gasteiger partial charge in [-0.1, -0.05) is 12.1 Å². The number of nitrogens with zero attached hydrogens (tertiary/aromatic N) is 1. The van der Waals surface area contributed by atoms with Gasteiger partial charge in [0.25, 0.3) is 5.91 Å². The van der Waals surface area contributed by atoms with Crippen LogP contribution in [0.3, 0.4) is 0 Å². The average molecular weight is 244 g/mol. The van der Waals surface area contributed by atoms with E-state index in [0.29, 0.717) is 25.2 Å². The van der Waals surface area contributed by atoms with Gasteiger partial charge in [-0.2, -0.15) is 0 Å². The summed E-state index contributed by atoms with van der Waals surface area (Å²) in [7, 11) is 4.98. The summed E-state index contributed by atoms with van der Waals surface area (Å²) in [5, 5.41) is 11.6. The molecular formula is C12H13BN2O3. The summed E-state index contributed by atoms with van der Waals surface area (Å²) in [5.41, 5.74) is 1.35. The Kier molecular flexibility index (Phi) is 3.67. The maximum absolute atomic E-state index is 12.0. The van der Waals surface area contributed by atoms with E-state index in [0.717, 1.165) is 5.56 Å². The van der Waals surface area contributed by atoms with Crippen LogP contribution in [0.15, 0.2) is 24.3 Å². The Morgan fingerprint density at radius 1 is 1.44 bits per heavy atom. The van der Waals surface area contributed by atoms with E-state index in [1.54, 1.807) is 29.2 Å². The van der Waals surface area contributed by atoms with Crippen molar-refractivity contribution in [3.05, 3.63) is 35.4 Å². The van der Waals surface area contributed by atoms with Crippen LogP contribution in [0.4, 0.5) is 4.79 Å². The van der Waals surface area contributed by atoms with Crippen molar-refractivity contribution in [2.45, 2.75) is 12.6 Å². The summed E-state index contributed by atoms with van der Waals surface area (Å²) in [6.45, 7) is 1.05. The van der Waals surface area contributed by atoms with E-state index >= 15 is 0 Å². The molecule has 2 N–H and O–H groups in total. The fourth-order valence-electron chi connectivity index (χ4n) is 1.81. The highest BCUT2D eigenvalue weighted by Crippen LogP contribution is 2.14. The first-order valence-corrected chi connectivity index (χ1v) is 5.66. The van der Waals surface area contributed by atoms with Crippen LogP contribution < -0.4 is 5.32 Å². The highest BCUT2D eigenvalue weighted by atomic mass is 16.3. The summed E-state index contributed by atoms with van der Waals surface area (Å²) in [5.74, 6) is -0.709. The van der Waals surface area contributed by atoms with Crippen molar-refractivity contribution in [3.63, 3.8) is 0 Å². The molecule has 2 amide bonds. The van der Waals surface area contributed by atoms with E-state index in [4.69, 9.17) is 13.0 Å². The number of aliphatic hydroxyl groups excluding tert-OH is 1. The molecule has 18 heavy (non-hydrogen) atoms. The largest absolute Gasteiger partial charge is 0.389 e. The summed E-state index contributed by atoms with van der Waals surface area (Å²) in [6.07, 6.45) is -0.409. The fraction of sp³-hybridized carbons (Fsp3) is 0.333. The molecule has 2 radical (unpaired) electrons. The van der Waals surface area contributed by atoms with Crippen molar-refractivity contribution >= 4 is 19.6 Å². The molecule has 0 atom stereocenters. The van der Waals surface area contributed by atoms with Crippen LogP contribution >= 0.6 is 0 Å². The maximum atomic E-state index is 12.0. The summed E-state index contributed by atoms with van der Waals surface area (Å²) in [6, 6.07) is 6.98. The molecular weight excluding hydrogens is 231 g/mol. The molecule has 0 bridgehead atoms. The van der Waals surface area contributed by atoms with Crippen molar-refractivity contribution in [3.8, 4) is 0 Å². The Hall–Kier alpha value is -1.82. The molecule has 1 saturated heterocycles. The third-order valence-electron chi connectivity index (χ3n) is 2.79. The van der Waals surface area contributed by atoms with Crippen LogP contribution in [0.5, 0.6) is 0 Å². The van der Waals surface area contributed by atoms with Gasteiger partial charge in [0.2, 0.25) is 7.85 Å². The van der Waals surface area contributed by atoms with Crippen LogP contribution in [-0.4, -0.2) is 48.8 Å². The summed E-state index contributed by atoms with van der Waals surface area (Å²) < 4.78 is 0. The zero-order valence-corrected chi connectivity index (χ0v) is 9.80. The van der Waals surface area contributed by atoms with Crippen molar-refractivity contribution in [1.29, 1.82) is 0 Å². The Balaban J connectivity index is 2.02. The summed E-state index contributed by atoms with van der Waals surface area (Å²) >= 11 is 0. The minimum absolute atomic E-state index is 0.110. The van der Waals surface area contributed by atoms with Gasteiger partial charge >= 0.3 is 0 Å². The van der Waals surface area contributed by atoms with E-state index in [1.807, 2.05) is 0 Å². The number of benzene rings is 1. The van der Waals surface area contributed by atoms with Crippen LogP contribution in [0.25, 0.3) is 0 Å². The molecule has 1 aliphatic rings. The molecule has 1 aliphatic heterocycles. The van der Waals surface area contributed by atoms with E-state index in [9.17, 15) is 9.59 Å². The second-order valence-electron chi connectivity index (χ2n) is 4.28. The molecule has 0 unspecified atom stereocenters. The van der Waals surface area contributed by atoms with Crippen LogP contribution in [-0.2, 0) is 6.54 Å². The molecule has 0 aliphatic carbocycles. The zero-order valence-electron chi connectivity index (χ0n) is 9.80. The normalized spacial score (nSPS) is 15.1. The Morgan fingerprint density at radius 2 is 2.17 bits per heavy atom. The van der Waals surface area contributed by atoms with E-state index in [1.165, 1.54) is 0 Å². The molecule has 1 heterocycles. The van der Waals surface area contributed by atoms with Crippen LogP contribution in [0.2, 0.25) is 0 Å². The van der Waals surface area contributed by atoms with Gasteiger partial charge < -0.3 is 15.3 Å². The lowest BCUT2D eigenvalue weighted by Gasteiger charge is -2.35. The molecule has 0 spiro atoms. The SMILES string of the molecule is [B]C(=O)NCc1cccc(C(=O)N2CC(O)C2)c1. The molecule has 1 aromatic carbocycles. The molecule has 6 heteroatoms. The van der Waals surface area contributed by atoms with Gasteiger partial charge in [0.05, 0.1) is 6.10 Å². The molecule has 1 fully saturated rings. The first kappa shape index (κ1) is 12.6. The number of β-amino-alcohol motifs (C(OH)–C–C–N with tert-alkyl or cyclic N) is 1. The molecule has 0 aromatic heterocycles. The monoisotopic (exact) mass is 244 g/mol. The number of amides is 2. The predicted molar refractivity (Wildman–Crippen MR) is 66.3 cm³/mol. The first-order valence-electron chi connectivity index (χ1n) is 5.66. The van der Waals surface area contributed by atoms with Crippen molar-refractivity contribution in [2.24, 2.45) is 0 Å². The van der Waals surface area contributed by atoms with Gasteiger partial charge in [-0.05, 0) is 17.7 Å². The number of hydrogen-bond donors (Lipinski definition) is 2. The third kappa shape index (κ3) is 2.90. The van der Waals surface area contributed by atoms with E-state index in [-0.39, 0.29) is 5.91 Å². The standard InChI is InChI=1S/C12H13BN2O3/c13-12(18)14-5-8-2-1-3-9(4-8)11(17)15-6-10(16)7-15/h1-4,10,16H,5-7H2,(H,14,18). The molecule has 2 rings (SSSR count). The maximum Gasteiger partial charge on any atom is 0.254 e. The summed E-state index contributed by atoms with van der Waals surface area (Å²) in [4.78, 5) is 24.1. The molecule has 5 nitrogen and oxygen atoms in total. The number of rotatable bonds is 3. The highest BCUT2D eigenvalue weighted by molar-refractivity contribution is 6.57. The van der Waals surface area contributed by atoms with E-state index < -0.39 is 11.9 Å². The van der Waals surface area contributed by atoms with E-state index in [2.05, 4.69) is 5.32 Å². The highest BCUT2D eigenvalue weighted by Gasteiger charge is 2.29. The molecule has 0 saturated carbocycles. The second kappa shape index (κ2) is 5.22. The Bertz CT molecular complexity index is 472.